The van der Waals surface area contributed by atoms with Crippen LogP contribution in [0.25, 0.3) is 11.0 Å². The Balaban J connectivity index is 2.21. The zero-order valence-electron chi connectivity index (χ0n) is 12.1. The predicted octanol–water partition coefficient (Wildman–Crippen LogP) is 2.67. The number of nitrogens with one attached hydrogen (secondary N) is 1. The van der Waals surface area contributed by atoms with Gasteiger partial charge >= 0.3 is 0 Å². The maximum Gasteiger partial charge on any atom is 0.280 e. The number of benzene rings is 1. The summed E-state index contributed by atoms with van der Waals surface area (Å²) in [6, 6.07) is 8.94. The summed E-state index contributed by atoms with van der Waals surface area (Å²) in [5.74, 6) is 0.604. The van der Waals surface area contributed by atoms with Crippen LogP contribution in [0.5, 0.6) is 0 Å². The lowest BCUT2D eigenvalue weighted by Crippen LogP contribution is -2.42. The lowest BCUT2D eigenvalue weighted by molar-refractivity contribution is 0.391. The molecule has 1 N–H and O–H groups in total. The molecular weight excluding hydrogens is 276 g/mol. The van der Waals surface area contributed by atoms with Crippen molar-refractivity contribution in [1.82, 2.24) is 9.03 Å². The number of hydrogen-bond donors (Lipinski definition) is 1. The van der Waals surface area contributed by atoms with Crippen molar-refractivity contribution >= 4 is 21.2 Å². The molecule has 110 valence electrons. The molecular formula is C14H20N2O3S. The number of hydrogen-bond acceptors (Lipinski definition) is 3. The van der Waals surface area contributed by atoms with E-state index in [-0.39, 0.29) is 6.04 Å². The molecule has 0 fully saturated rings. The van der Waals surface area contributed by atoms with Gasteiger partial charge in [-0.25, -0.2) is 0 Å². The third kappa shape index (κ3) is 3.03. The molecule has 6 heteroatoms. The van der Waals surface area contributed by atoms with E-state index in [1.165, 1.54) is 4.31 Å². The first-order chi connectivity index (χ1) is 9.31. The highest BCUT2D eigenvalue weighted by atomic mass is 32.2. The van der Waals surface area contributed by atoms with Crippen molar-refractivity contribution in [1.29, 1.82) is 0 Å². The summed E-state index contributed by atoms with van der Waals surface area (Å²) in [6.07, 6.45) is 0. The first kappa shape index (κ1) is 15.0. The standard InChI is InChI=1S/C14H20N2O3S/c1-10(2)16(4)20(17,18)15-11(3)14-9-12-7-5-6-8-13(12)19-14/h5-11,15H,1-4H3. The molecule has 1 unspecified atom stereocenters. The van der Waals surface area contributed by atoms with Gasteiger partial charge in [-0.15, -0.1) is 0 Å². The molecule has 0 saturated carbocycles. The van der Waals surface area contributed by atoms with Gasteiger partial charge in [0.1, 0.15) is 11.3 Å². The van der Waals surface area contributed by atoms with Crippen LogP contribution < -0.4 is 4.72 Å². The fourth-order valence-corrected chi connectivity index (χ4v) is 3.14. The van der Waals surface area contributed by atoms with Gasteiger partial charge in [0, 0.05) is 18.5 Å². The van der Waals surface area contributed by atoms with Crippen molar-refractivity contribution in [3.8, 4) is 0 Å². The fraction of sp³-hybridized carbons (Fsp3) is 0.429. The quantitative estimate of drug-likeness (QED) is 0.922. The van der Waals surface area contributed by atoms with Gasteiger partial charge in [-0.3, -0.25) is 0 Å². The normalized spacial score (nSPS) is 14.3. The molecule has 0 aliphatic rings. The monoisotopic (exact) mass is 296 g/mol. The molecule has 1 aromatic heterocycles. The molecule has 0 radical (unpaired) electrons. The van der Waals surface area contributed by atoms with Crippen molar-refractivity contribution in [3.63, 3.8) is 0 Å². The van der Waals surface area contributed by atoms with Crippen LogP contribution in [0.1, 0.15) is 32.6 Å². The van der Waals surface area contributed by atoms with Gasteiger partial charge in [0.2, 0.25) is 0 Å². The second-order valence-corrected chi connectivity index (χ2v) is 6.90. The van der Waals surface area contributed by atoms with Crippen LogP contribution >= 0.6 is 0 Å². The molecule has 20 heavy (non-hydrogen) atoms. The van der Waals surface area contributed by atoms with Crippen molar-refractivity contribution in [2.75, 3.05) is 7.05 Å². The second-order valence-electron chi connectivity index (χ2n) is 5.14. The van der Waals surface area contributed by atoms with E-state index in [0.29, 0.717) is 5.76 Å². The Hall–Kier alpha value is -1.37. The summed E-state index contributed by atoms with van der Waals surface area (Å²) < 4.78 is 33.9. The molecule has 1 aromatic carbocycles. The minimum absolute atomic E-state index is 0.102. The van der Waals surface area contributed by atoms with Gasteiger partial charge in [-0.05, 0) is 32.9 Å². The van der Waals surface area contributed by atoms with Crippen LogP contribution in [0.2, 0.25) is 0 Å². The Morgan fingerprint density at radius 2 is 1.85 bits per heavy atom. The summed E-state index contributed by atoms with van der Waals surface area (Å²) in [4.78, 5) is 0. The summed E-state index contributed by atoms with van der Waals surface area (Å²) in [6.45, 7) is 5.42. The number of fused-ring (bicyclic) bond motifs is 1. The number of rotatable bonds is 5. The Morgan fingerprint density at radius 1 is 1.20 bits per heavy atom. The minimum atomic E-state index is -3.52. The van der Waals surface area contributed by atoms with Crippen LogP contribution in [0.4, 0.5) is 0 Å². The molecule has 0 aliphatic carbocycles. The molecule has 5 nitrogen and oxygen atoms in total. The van der Waals surface area contributed by atoms with E-state index in [9.17, 15) is 8.42 Å². The van der Waals surface area contributed by atoms with E-state index in [0.717, 1.165) is 11.0 Å². The van der Waals surface area contributed by atoms with Gasteiger partial charge in [-0.1, -0.05) is 18.2 Å². The topological polar surface area (TPSA) is 62.6 Å². The SMILES string of the molecule is CC(NS(=O)(=O)N(C)C(C)C)c1cc2ccccc2o1. The molecule has 0 spiro atoms. The Morgan fingerprint density at radius 3 is 2.45 bits per heavy atom. The van der Waals surface area contributed by atoms with E-state index in [1.54, 1.807) is 14.0 Å². The van der Waals surface area contributed by atoms with Crippen molar-refractivity contribution in [2.45, 2.75) is 32.9 Å². The highest BCUT2D eigenvalue weighted by molar-refractivity contribution is 7.87. The van der Waals surface area contributed by atoms with Gasteiger partial charge in [-0.2, -0.15) is 17.4 Å². The molecule has 2 rings (SSSR count). The summed E-state index contributed by atoms with van der Waals surface area (Å²) >= 11 is 0. The third-order valence-corrected chi connectivity index (χ3v) is 5.13. The molecule has 0 bridgehead atoms. The highest BCUT2D eigenvalue weighted by Gasteiger charge is 2.24. The van der Waals surface area contributed by atoms with Gasteiger partial charge in [0.25, 0.3) is 10.2 Å². The molecule has 0 aliphatic heterocycles. The lowest BCUT2D eigenvalue weighted by Gasteiger charge is -2.23. The van der Waals surface area contributed by atoms with Crippen LogP contribution in [0.15, 0.2) is 34.7 Å². The average Bonchev–Trinajstić information content (AvgIpc) is 2.81. The van der Waals surface area contributed by atoms with Crippen LogP contribution in [-0.4, -0.2) is 25.8 Å². The molecule has 0 saturated heterocycles. The van der Waals surface area contributed by atoms with E-state index in [4.69, 9.17) is 4.42 Å². The van der Waals surface area contributed by atoms with E-state index >= 15 is 0 Å². The van der Waals surface area contributed by atoms with E-state index in [2.05, 4.69) is 4.72 Å². The maximum atomic E-state index is 12.1. The van der Waals surface area contributed by atoms with Crippen LogP contribution in [-0.2, 0) is 10.2 Å². The van der Waals surface area contributed by atoms with Crippen molar-refractivity contribution < 1.29 is 12.8 Å². The van der Waals surface area contributed by atoms with Gasteiger partial charge in [0.05, 0.1) is 6.04 Å². The van der Waals surface area contributed by atoms with E-state index < -0.39 is 16.3 Å². The number of furan rings is 1. The molecule has 1 heterocycles. The number of nitrogens with zero attached hydrogens (tertiary/aromatic N) is 1. The Labute approximate surface area is 119 Å². The summed E-state index contributed by atoms with van der Waals surface area (Å²) in [5.41, 5.74) is 0.755. The molecule has 2 aromatic rings. The highest BCUT2D eigenvalue weighted by Crippen LogP contribution is 2.24. The van der Waals surface area contributed by atoms with Crippen molar-refractivity contribution in [3.05, 3.63) is 36.1 Å². The third-order valence-electron chi connectivity index (χ3n) is 3.30. The molecule has 1 atom stereocenters. The minimum Gasteiger partial charge on any atom is -0.459 e. The molecule has 0 amide bonds. The largest absolute Gasteiger partial charge is 0.459 e. The fourth-order valence-electron chi connectivity index (χ4n) is 1.86. The maximum absolute atomic E-state index is 12.1. The van der Waals surface area contributed by atoms with Crippen LogP contribution in [0.3, 0.4) is 0 Å². The first-order valence-corrected chi connectivity index (χ1v) is 7.99. The zero-order chi connectivity index (χ0) is 14.9. The second kappa shape index (κ2) is 5.55. The predicted molar refractivity (Wildman–Crippen MR) is 79.6 cm³/mol. The van der Waals surface area contributed by atoms with Crippen LogP contribution in [0, 0.1) is 0 Å². The smallest absolute Gasteiger partial charge is 0.280 e. The van der Waals surface area contributed by atoms with E-state index in [1.807, 2.05) is 44.2 Å². The summed E-state index contributed by atoms with van der Waals surface area (Å²) in [5, 5.41) is 0.964. The number of para-hydroxylation sites is 1. The zero-order valence-corrected chi connectivity index (χ0v) is 12.9. The Kier molecular flexibility index (Phi) is 4.17. The first-order valence-electron chi connectivity index (χ1n) is 6.55. The summed E-state index contributed by atoms with van der Waals surface area (Å²) in [7, 11) is -1.97. The lowest BCUT2D eigenvalue weighted by atomic mass is 10.2. The Bertz CT molecular complexity index is 658. The average molecular weight is 296 g/mol. The van der Waals surface area contributed by atoms with Gasteiger partial charge in [0.15, 0.2) is 0 Å². The van der Waals surface area contributed by atoms with Gasteiger partial charge < -0.3 is 4.42 Å². The van der Waals surface area contributed by atoms with Crippen molar-refractivity contribution in [2.24, 2.45) is 0 Å².